The summed E-state index contributed by atoms with van der Waals surface area (Å²) in [5, 5.41) is 0. The second-order valence-electron chi connectivity index (χ2n) is 4.52. The summed E-state index contributed by atoms with van der Waals surface area (Å²) in [5.41, 5.74) is 2.55. The predicted molar refractivity (Wildman–Crippen MR) is 87.5 cm³/mol. The zero-order valence-electron chi connectivity index (χ0n) is 11.2. The minimum atomic E-state index is 0.846. The van der Waals surface area contributed by atoms with E-state index in [1.807, 2.05) is 13.1 Å². The van der Waals surface area contributed by atoms with E-state index in [1.54, 1.807) is 11.8 Å². The summed E-state index contributed by atoms with van der Waals surface area (Å²) in [5.74, 6) is 0. The molecule has 0 saturated heterocycles. The molecule has 2 aromatic carbocycles. The third-order valence-corrected chi connectivity index (χ3v) is 4.36. The maximum atomic E-state index is 5.48. The number of hydrogen-bond donors (Lipinski definition) is 0. The normalized spacial score (nSPS) is 10.2. The summed E-state index contributed by atoms with van der Waals surface area (Å²) in [6.45, 7) is 2.94. The van der Waals surface area contributed by atoms with E-state index in [4.69, 9.17) is 12.2 Å². The van der Waals surface area contributed by atoms with E-state index in [-0.39, 0.29) is 0 Å². The average Bonchev–Trinajstić information content (AvgIpc) is 2.42. The van der Waals surface area contributed by atoms with Gasteiger partial charge in [-0.15, -0.1) is 0 Å². The highest BCUT2D eigenvalue weighted by molar-refractivity contribution is 8.22. The lowest BCUT2D eigenvalue weighted by Gasteiger charge is -2.19. The molecule has 0 aromatic heterocycles. The standard InChI is InChI=1S/C16H17NS2/c1-13-8-10-15(11-9-13)19-16(18)17(2)12-14-6-4-3-5-7-14/h3-11H,12H2,1-2H3. The fourth-order valence-corrected chi connectivity index (χ4v) is 2.75. The van der Waals surface area contributed by atoms with Gasteiger partial charge in [0.2, 0.25) is 0 Å². The van der Waals surface area contributed by atoms with E-state index in [9.17, 15) is 0 Å². The molecule has 19 heavy (non-hydrogen) atoms. The van der Waals surface area contributed by atoms with Gasteiger partial charge in [-0.2, -0.15) is 0 Å². The van der Waals surface area contributed by atoms with Crippen LogP contribution in [0.4, 0.5) is 0 Å². The minimum Gasteiger partial charge on any atom is -0.356 e. The lowest BCUT2D eigenvalue weighted by molar-refractivity contribution is 0.519. The van der Waals surface area contributed by atoms with Crippen LogP contribution in [-0.4, -0.2) is 16.3 Å². The average molecular weight is 287 g/mol. The zero-order valence-corrected chi connectivity index (χ0v) is 12.8. The van der Waals surface area contributed by atoms with Crippen LogP contribution in [0.5, 0.6) is 0 Å². The van der Waals surface area contributed by atoms with Gasteiger partial charge in [-0.25, -0.2) is 0 Å². The van der Waals surface area contributed by atoms with Crippen LogP contribution in [-0.2, 0) is 6.54 Å². The zero-order chi connectivity index (χ0) is 13.7. The molecular weight excluding hydrogens is 270 g/mol. The Morgan fingerprint density at radius 2 is 1.68 bits per heavy atom. The molecule has 2 rings (SSSR count). The molecule has 0 spiro atoms. The van der Waals surface area contributed by atoms with Crippen molar-refractivity contribution in [2.45, 2.75) is 18.4 Å². The number of aryl methyl sites for hydroxylation is 1. The molecule has 0 fully saturated rings. The minimum absolute atomic E-state index is 0.846. The smallest absolute Gasteiger partial charge is 0.141 e. The highest BCUT2D eigenvalue weighted by Gasteiger charge is 2.07. The van der Waals surface area contributed by atoms with Gasteiger partial charge in [-0.05, 0) is 24.6 Å². The molecule has 0 atom stereocenters. The Labute approximate surface area is 124 Å². The molecule has 0 aliphatic heterocycles. The Balaban J connectivity index is 1.94. The van der Waals surface area contributed by atoms with Crippen LogP contribution in [0, 0.1) is 6.92 Å². The monoisotopic (exact) mass is 287 g/mol. The number of thioether (sulfide) groups is 1. The Kier molecular flexibility index (Phi) is 5.00. The third-order valence-electron chi connectivity index (χ3n) is 2.80. The highest BCUT2D eigenvalue weighted by atomic mass is 32.2. The van der Waals surface area contributed by atoms with Gasteiger partial charge in [0.15, 0.2) is 0 Å². The highest BCUT2D eigenvalue weighted by Crippen LogP contribution is 2.22. The molecule has 2 aromatic rings. The summed E-state index contributed by atoms with van der Waals surface area (Å²) in [6, 6.07) is 18.8. The summed E-state index contributed by atoms with van der Waals surface area (Å²) in [7, 11) is 2.04. The molecule has 1 nitrogen and oxygen atoms in total. The number of thiocarbonyl (C=S) groups is 1. The van der Waals surface area contributed by atoms with Crippen molar-refractivity contribution in [2.75, 3.05) is 7.05 Å². The van der Waals surface area contributed by atoms with Gasteiger partial charge in [-0.1, -0.05) is 72.0 Å². The molecule has 3 heteroatoms. The fraction of sp³-hybridized carbons (Fsp3) is 0.188. The molecule has 0 amide bonds. The van der Waals surface area contributed by atoms with E-state index >= 15 is 0 Å². The molecule has 98 valence electrons. The van der Waals surface area contributed by atoms with Gasteiger partial charge < -0.3 is 4.90 Å². The van der Waals surface area contributed by atoms with Crippen molar-refractivity contribution in [3.8, 4) is 0 Å². The van der Waals surface area contributed by atoms with Gasteiger partial charge in [0, 0.05) is 18.5 Å². The van der Waals surface area contributed by atoms with Gasteiger partial charge in [0.25, 0.3) is 0 Å². The molecule has 0 unspecified atom stereocenters. The summed E-state index contributed by atoms with van der Waals surface area (Å²) >= 11 is 7.12. The van der Waals surface area contributed by atoms with Gasteiger partial charge in [0.1, 0.15) is 4.32 Å². The number of benzene rings is 2. The second kappa shape index (κ2) is 6.73. The van der Waals surface area contributed by atoms with E-state index < -0.39 is 0 Å². The number of hydrogen-bond acceptors (Lipinski definition) is 2. The van der Waals surface area contributed by atoms with Crippen molar-refractivity contribution >= 4 is 28.3 Å². The Morgan fingerprint density at radius 3 is 2.32 bits per heavy atom. The van der Waals surface area contributed by atoms with E-state index in [2.05, 4.69) is 60.4 Å². The van der Waals surface area contributed by atoms with Crippen LogP contribution in [0.2, 0.25) is 0 Å². The van der Waals surface area contributed by atoms with Gasteiger partial charge in [-0.3, -0.25) is 0 Å². The molecule has 0 aliphatic carbocycles. The molecule has 0 saturated carbocycles. The van der Waals surface area contributed by atoms with Crippen molar-refractivity contribution in [1.29, 1.82) is 0 Å². The molecular formula is C16H17NS2. The van der Waals surface area contributed by atoms with E-state index in [0.29, 0.717) is 0 Å². The van der Waals surface area contributed by atoms with Crippen molar-refractivity contribution in [1.82, 2.24) is 4.90 Å². The lowest BCUT2D eigenvalue weighted by Crippen LogP contribution is -2.21. The first-order chi connectivity index (χ1) is 9.15. The van der Waals surface area contributed by atoms with Gasteiger partial charge >= 0.3 is 0 Å². The maximum Gasteiger partial charge on any atom is 0.141 e. The van der Waals surface area contributed by atoms with E-state index in [1.165, 1.54) is 16.0 Å². The van der Waals surface area contributed by atoms with Crippen molar-refractivity contribution in [3.05, 3.63) is 65.7 Å². The van der Waals surface area contributed by atoms with Gasteiger partial charge in [0.05, 0.1) is 0 Å². The molecule has 0 heterocycles. The van der Waals surface area contributed by atoms with Crippen LogP contribution < -0.4 is 0 Å². The molecule has 0 N–H and O–H groups in total. The largest absolute Gasteiger partial charge is 0.356 e. The van der Waals surface area contributed by atoms with E-state index in [0.717, 1.165) is 10.9 Å². The Morgan fingerprint density at radius 1 is 1.05 bits per heavy atom. The molecule has 0 bridgehead atoms. The first kappa shape index (κ1) is 14.1. The van der Waals surface area contributed by atoms with Crippen molar-refractivity contribution < 1.29 is 0 Å². The van der Waals surface area contributed by atoms with Crippen LogP contribution >= 0.6 is 24.0 Å². The quantitative estimate of drug-likeness (QED) is 0.604. The van der Waals surface area contributed by atoms with Crippen molar-refractivity contribution in [2.24, 2.45) is 0 Å². The van der Waals surface area contributed by atoms with Crippen LogP contribution in [0.3, 0.4) is 0 Å². The first-order valence-electron chi connectivity index (χ1n) is 6.19. The maximum absolute atomic E-state index is 5.48. The van der Waals surface area contributed by atoms with Crippen LogP contribution in [0.1, 0.15) is 11.1 Å². The van der Waals surface area contributed by atoms with Crippen LogP contribution in [0.25, 0.3) is 0 Å². The number of rotatable bonds is 3. The second-order valence-corrected chi connectivity index (χ2v) is 6.23. The fourth-order valence-electron chi connectivity index (χ4n) is 1.71. The van der Waals surface area contributed by atoms with Crippen molar-refractivity contribution in [3.63, 3.8) is 0 Å². The molecule has 0 radical (unpaired) electrons. The Bertz CT molecular complexity index is 534. The first-order valence-corrected chi connectivity index (χ1v) is 7.41. The Hall–Kier alpha value is -1.32. The van der Waals surface area contributed by atoms with Crippen LogP contribution in [0.15, 0.2) is 59.5 Å². The molecule has 0 aliphatic rings. The third kappa shape index (κ3) is 4.37. The lowest BCUT2D eigenvalue weighted by atomic mass is 10.2. The summed E-state index contributed by atoms with van der Waals surface area (Å²) < 4.78 is 0.896. The predicted octanol–water partition coefficient (Wildman–Crippen LogP) is 4.50. The summed E-state index contributed by atoms with van der Waals surface area (Å²) in [6.07, 6.45) is 0. The summed E-state index contributed by atoms with van der Waals surface area (Å²) in [4.78, 5) is 3.30. The SMILES string of the molecule is Cc1ccc(SC(=S)N(C)Cc2ccccc2)cc1. The number of nitrogens with zero attached hydrogens (tertiary/aromatic N) is 1. The topological polar surface area (TPSA) is 3.24 Å².